The second kappa shape index (κ2) is 11.7. The van der Waals surface area contributed by atoms with Crippen LogP contribution < -0.4 is 14.4 Å². The number of amides is 1. The molecule has 2 bridgehead atoms. The monoisotopic (exact) mass is 594 g/mol. The number of sulfone groups is 1. The smallest absolute Gasteiger partial charge is 0.264 e. The molecule has 5 rings (SSSR count). The predicted molar refractivity (Wildman–Crippen MR) is 153 cm³/mol. The summed E-state index contributed by atoms with van der Waals surface area (Å²) in [6.07, 6.45) is 5.27. The molecule has 0 radical (unpaired) electrons. The van der Waals surface area contributed by atoms with Crippen molar-refractivity contribution in [2.45, 2.75) is 63.2 Å². The van der Waals surface area contributed by atoms with Crippen molar-refractivity contribution in [2.75, 3.05) is 29.5 Å². The third kappa shape index (κ3) is 6.72. The van der Waals surface area contributed by atoms with Gasteiger partial charge in [-0.15, -0.1) is 0 Å². The minimum Gasteiger partial charge on any atom is -0.487 e. The summed E-state index contributed by atoms with van der Waals surface area (Å²) in [6.45, 7) is 1.50. The molecule has 1 saturated carbocycles. The number of hydrogen-bond donors (Lipinski definition) is 1. The number of halogens is 1. The molecule has 39 heavy (non-hydrogen) atoms. The van der Waals surface area contributed by atoms with Crippen molar-refractivity contribution in [3.8, 4) is 5.75 Å². The van der Waals surface area contributed by atoms with Crippen LogP contribution in [0.1, 0.15) is 66.4 Å². The first-order valence-corrected chi connectivity index (χ1v) is 17.4. The SMILES string of the molecule is O=C1NS(=O)(=O)CCCCCS(=O)(=O)[C@@H]2CC[C@H]2CN2CCCCc3cc(Cl)ccc3COc3ccc1cc32. The lowest BCUT2D eigenvalue weighted by Crippen LogP contribution is -2.46. The van der Waals surface area contributed by atoms with E-state index in [1.807, 2.05) is 18.2 Å². The number of ether oxygens (including phenoxy) is 1. The zero-order valence-corrected chi connectivity index (χ0v) is 24.3. The van der Waals surface area contributed by atoms with E-state index in [0.29, 0.717) is 61.8 Å². The van der Waals surface area contributed by atoms with E-state index >= 15 is 0 Å². The van der Waals surface area contributed by atoms with Gasteiger partial charge in [0, 0.05) is 23.7 Å². The Morgan fingerprint density at radius 1 is 0.897 bits per heavy atom. The number of fused-ring (bicyclic) bond motifs is 3. The van der Waals surface area contributed by atoms with Crippen LogP contribution in [-0.4, -0.2) is 52.6 Å². The summed E-state index contributed by atoms with van der Waals surface area (Å²) < 4.78 is 60.0. The van der Waals surface area contributed by atoms with Gasteiger partial charge >= 0.3 is 0 Å². The third-order valence-electron chi connectivity index (χ3n) is 8.09. The summed E-state index contributed by atoms with van der Waals surface area (Å²) in [4.78, 5) is 15.1. The Kier molecular flexibility index (Phi) is 8.45. The van der Waals surface area contributed by atoms with E-state index in [1.54, 1.807) is 18.2 Å². The van der Waals surface area contributed by atoms with Crippen LogP contribution in [0.5, 0.6) is 5.75 Å². The number of carbonyl (C=O) groups excluding carboxylic acids is 1. The van der Waals surface area contributed by atoms with Crippen molar-refractivity contribution < 1.29 is 26.4 Å². The largest absolute Gasteiger partial charge is 0.487 e. The van der Waals surface area contributed by atoms with Gasteiger partial charge in [0.25, 0.3) is 5.91 Å². The number of carbonyl (C=O) groups is 1. The first-order valence-electron chi connectivity index (χ1n) is 13.7. The lowest BCUT2D eigenvalue weighted by molar-refractivity contribution is 0.0981. The van der Waals surface area contributed by atoms with E-state index in [4.69, 9.17) is 16.3 Å². The maximum absolute atomic E-state index is 13.2. The molecule has 2 atom stereocenters. The van der Waals surface area contributed by atoms with Crippen molar-refractivity contribution in [2.24, 2.45) is 5.92 Å². The molecule has 1 amide bonds. The third-order valence-corrected chi connectivity index (χ3v) is 12.0. The van der Waals surface area contributed by atoms with Gasteiger partial charge in [0.15, 0.2) is 9.84 Å². The highest BCUT2D eigenvalue weighted by atomic mass is 35.5. The summed E-state index contributed by atoms with van der Waals surface area (Å²) in [5.74, 6) is -0.283. The molecule has 0 spiro atoms. The molecular formula is C28H35ClN2O6S2. The zero-order chi connectivity index (χ0) is 27.6. The molecule has 2 aromatic rings. The highest BCUT2D eigenvalue weighted by Gasteiger charge is 2.41. The molecule has 0 saturated heterocycles. The van der Waals surface area contributed by atoms with Crippen LogP contribution in [0.25, 0.3) is 0 Å². The Bertz CT molecular complexity index is 1440. The zero-order valence-electron chi connectivity index (χ0n) is 21.9. The maximum Gasteiger partial charge on any atom is 0.264 e. The standard InChI is InChI=1S/C28H35ClN2O6S2/c29-24-10-7-23-19-37-26-11-8-21-17-25(26)31(13-3-2-6-20(23)16-24)18-22-9-12-27(22)38(33,34)14-4-1-5-15-39(35,36)30-28(21)32/h7-8,10-11,16-17,22,27H,1-6,9,12-15,18-19H2,(H,30,32)/t22-,27+/m0/s1. The van der Waals surface area contributed by atoms with E-state index < -0.39 is 31.0 Å². The first-order chi connectivity index (χ1) is 18.6. The number of sulfonamides is 1. The van der Waals surface area contributed by atoms with E-state index in [9.17, 15) is 21.6 Å². The Hall–Kier alpha value is -2.30. The van der Waals surface area contributed by atoms with Crippen LogP contribution in [0.3, 0.4) is 0 Å². The maximum atomic E-state index is 13.2. The van der Waals surface area contributed by atoms with Crippen molar-refractivity contribution >= 4 is 43.1 Å². The fourth-order valence-corrected chi connectivity index (χ4v) is 9.25. The summed E-state index contributed by atoms with van der Waals surface area (Å²) >= 11 is 6.26. The van der Waals surface area contributed by atoms with Crippen LogP contribution in [0.15, 0.2) is 36.4 Å². The Labute approximate surface area is 236 Å². The number of nitrogens with one attached hydrogen (secondary N) is 1. The van der Waals surface area contributed by atoms with Gasteiger partial charge in [-0.3, -0.25) is 4.79 Å². The van der Waals surface area contributed by atoms with Crippen LogP contribution >= 0.6 is 11.6 Å². The van der Waals surface area contributed by atoms with Crippen LogP contribution in [-0.2, 0) is 32.9 Å². The van der Waals surface area contributed by atoms with Gasteiger partial charge in [-0.05, 0) is 92.3 Å². The lowest BCUT2D eigenvalue weighted by atomic mass is 9.84. The van der Waals surface area contributed by atoms with Gasteiger partial charge in [-0.2, -0.15) is 0 Å². The van der Waals surface area contributed by atoms with Crippen molar-refractivity contribution in [1.82, 2.24) is 4.72 Å². The minimum absolute atomic E-state index is 0.00486. The molecule has 3 aliphatic rings. The number of hydrogen-bond acceptors (Lipinski definition) is 7. The summed E-state index contributed by atoms with van der Waals surface area (Å²) in [5, 5.41) is 0.284. The number of anilines is 1. The Morgan fingerprint density at radius 2 is 1.72 bits per heavy atom. The van der Waals surface area contributed by atoms with Gasteiger partial charge in [-0.25, -0.2) is 21.6 Å². The molecule has 11 heteroatoms. The topological polar surface area (TPSA) is 110 Å². The van der Waals surface area contributed by atoms with E-state index in [2.05, 4.69) is 9.62 Å². The number of rotatable bonds is 0. The van der Waals surface area contributed by atoms with Crippen LogP contribution in [0.2, 0.25) is 5.02 Å². The van der Waals surface area contributed by atoms with E-state index in [1.165, 1.54) is 0 Å². The molecular weight excluding hydrogens is 560 g/mol. The normalized spacial score (nSPS) is 25.5. The lowest BCUT2D eigenvalue weighted by Gasteiger charge is -2.40. The van der Waals surface area contributed by atoms with Gasteiger partial charge in [0.1, 0.15) is 12.4 Å². The second-order valence-corrected chi connectivity index (χ2v) is 15.5. The number of aryl methyl sites for hydroxylation is 1. The molecule has 2 heterocycles. The van der Waals surface area contributed by atoms with Gasteiger partial charge < -0.3 is 9.64 Å². The first kappa shape index (κ1) is 28.2. The average Bonchev–Trinajstić information content (AvgIpc) is 2.88. The van der Waals surface area contributed by atoms with E-state index in [0.717, 1.165) is 36.8 Å². The summed E-state index contributed by atoms with van der Waals surface area (Å²) in [7, 11) is -7.13. The molecule has 8 nitrogen and oxygen atoms in total. The van der Waals surface area contributed by atoms with Crippen LogP contribution in [0, 0.1) is 5.92 Å². The highest BCUT2D eigenvalue weighted by Crippen LogP contribution is 2.39. The second-order valence-electron chi connectivity index (χ2n) is 10.8. The van der Waals surface area contributed by atoms with Crippen molar-refractivity contribution in [3.63, 3.8) is 0 Å². The molecule has 0 aromatic heterocycles. The summed E-state index contributed by atoms with van der Waals surface area (Å²) in [6, 6.07) is 10.7. The fraction of sp³-hybridized carbons (Fsp3) is 0.536. The molecule has 212 valence electrons. The van der Waals surface area contributed by atoms with Gasteiger partial charge in [-0.1, -0.05) is 24.1 Å². The molecule has 1 aliphatic carbocycles. The molecule has 1 fully saturated rings. The van der Waals surface area contributed by atoms with E-state index in [-0.39, 0.29) is 23.0 Å². The van der Waals surface area contributed by atoms with Gasteiger partial charge in [0.05, 0.1) is 22.4 Å². The van der Waals surface area contributed by atoms with Crippen LogP contribution in [0.4, 0.5) is 5.69 Å². The molecule has 0 unspecified atom stereocenters. The number of nitrogens with zero attached hydrogens (tertiary/aromatic N) is 1. The molecule has 2 aromatic carbocycles. The van der Waals surface area contributed by atoms with Gasteiger partial charge in [0.2, 0.25) is 10.0 Å². The van der Waals surface area contributed by atoms with Crippen molar-refractivity contribution in [3.05, 3.63) is 58.1 Å². The Balaban J connectivity index is 1.53. The summed E-state index contributed by atoms with van der Waals surface area (Å²) in [5.41, 5.74) is 3.06. The highest BCUT2D eigenvalue weighted by molar-refractivity contribution is 7.92. The van der Waals surface area contributed by atoms with Crippen molar-refractivity contribution in [1.29, 1.82) is 0 Å². The molecule has 1 N–H and O–H groups in total. The Morgan fingerprint density at radius 3 is 2.51 bits per heavy atom. The quantitative estimate of drug-likeness (QED) is 0.478. The minimum atomic E-state index is -3.85. The fourth-order valence-electron chi connectivity index (χ4n) is 5.76. The predicted octanol–water partition coefficient (Wildman–Crippen LogP) is 4.50. The average molecular weight is 595 g/mol. The molecule has 2 aliphatic heterocycles. The number of benzene rings is 2.